The zero-order valence-electron chi connectivity index (χ0n) is 16.0. The normalized spacial score (nSPS) is 14.4. The molecular weight excluding hydrogens is 440 g/mol. The molecule has 0 N–H and O–H groups in total. The molecule has 0 aliphatic carbocycles. The molecule has 10 heteroatoms. The summed E-state index contributed by atoms with van der Waals surface area (Å²) in [5.41, 5.74) is 2.99. The minimum Gasteiger partial charge on any atom is -0.353 e. The van der Waals surface area contributed by atoms with Gasteiger partial charge in [-0.1, -0.05) is 0 Å². The molecule has 4 rings (SSSR count). The Kier molecular flexibility index (Phi) is 4.95. The highest BCUT2D eigenvalue weighted by molar-refractivity contribution is 9.10. The van der Waals surface area contributed by atoms with Gasteiger partial charge in [0.05, 0.1) is 15.1 Å². The zero-order valence-corrected chi connectivity index (χ0v) is 17.6. The van der Waals surface area contributed by atoms with Crippen LogP contribution < -0.4 is 4.90 Å². The van der Waals surface area contributed by atoms with Gasteiger partial charge >= 0.3 is 0 Å². The van der Waals surface area contributed by atoms with Crippen LogP contribution in [0, 0.1) is 24.0 Å². The molecule has 3 aromatic rings. The summed E-state index contributed by atoms with van der Waals surface area (Å²) in [5, 5.41) is 10.8. The summed E-state index contributed by atoms with van der Waals surface area (Å²) in [6, 6.07) is 5.07. The quantitative estimate of drug-likeness (QED) is 0.442. The number of imidazole rings is 1. The van der Waals surface area contributed by atoms with E-state index in [0.717, 1.165) is 15.7 Å². The molecule has 0 atom stereocenters. The number of halogens is 1. The van der Waals surface area contributed by atoms with Crippen LogP contribution in [0.25, 0.3) is 5.65 Å². The highest BCUT2D eigenvalue weighted by Crippen LogP contribution is 2.24. The van der Waals surface area contributed by atoms with Crippen LogP contribution in [0.5, 0.6) is 0 Å². The van der Waals surface area contributed by atoms with Gasteiger partial charge in [-0.05, 0) is 47.5 Å². The number of aromatic nitrogens is 3. The van der Waals surface area contributed by atoms with E-state index < -0.39 is 4.92 Å². The van der Waals surface area contributed by atoms with Gasteiger partial charge in [0.1, 0.15) is 17.7 Å². The van der Waals surface area contributed by atoms with Crippen LogP contribution in [-0.4, -0.2) is 56.3 Å². The molecule has 0 bridgehead atoms. The number of rotatable bonds is 3. The van der Waals surface area contributed by atoms with E-state index in [0.29, 0.717) is 43.4 Å². The number of amides is 1. The number of piperazine rings is 1. The number of carbonyl (C=O) groups is 1. The molecule has 0 spiro atoms. The summed E-state index contributed by atoms with van der Waals surface area (Å²) < 4.78 is 2.70. The Morgan fingerprint density at radius 1 is 1.21 bits per heavy atom. The number of hydrogen-bond acceptors (Lipinski definition) is 6. The minimum absolute atomic E-state index is 0.0351. The number of aryl methyl sites for hydroxylation is 2. The lowest BCUT2D eigenvalue weighted by Gasteiger charge is -2.35. The molecular formula is C19H19BrN6O3. The Hall–Kier alpha value is -3.01. The summed E-state index contributed by atoms with van der Waals surface area (Å²) in [5.74, 6) is 0.622. The second kappa shape index (κ2) is 7.43. The molecule has 0 radical (unpaired) electrons. The Labute approximate surface area is 175 Å². The zero-order chi connectivity index (χ0) is 20.7. The van der Waals surface area contributed by atoms with Gasteiger partial charge in [0.15, 0.2) is 5.65 Å². The summed E-state index contributed by atoms with van der Waals surface area (Å²) in [6.07, 6.45) is 3.18. The van der Waals surface area contributed by atoms with Crippen molar-refractivity contribution in [3.8, 4) is 0 Å². The fourth-order valence-electron chi connectivity index (χ4n) is 3.56. The van der Waals surface area contributed by atoms with Gasteiger partial charge in [-0.3, -0.25) is 19.3 Å². The average molecular weight is 459 g/mol. The molecule has 1 amide bonds. The standard InChI is InChI=1S/C19H19BrN6O3/c1-12-9-15(20)18-22-13(2)17(25(18)11-12)19(27)24-7-5-23(6-8-24)16-4-3-14(10-21-16)26(28)29/h3-4,9-11H,5-8H2,1-2H3. The van der Waals surface area contributed by atoms with E-state index in [4.69, 9.17) is 0 Å². The van der Waals surface area contributed by atoms with E-state index in [2.05, 4.69) is 25.9 Å². The van der Waals surface area contributed by atoms with Crippen LogP contribution in [0.1, 0.15) is 21.7 Å². The summed E-state index contributed by atoms with van der Waals surface area (Å²) >= 11 is 3.52. The van der Waals surface area contributed by atoms with Gasteiger partial charge in [-0.15, -0.1) is 0 Å². The van der Waals surface area contributed by atoms with Crippen LogP contribution >= 0.6 is 15.9 Å². The number of nitrogens with zero attached hydrogens (tertiary/aromatic N) is 6. The lowest BCUT2D eigenvalue weighted by Crippen LogP contribution is -2.49. The maximum atomic E-state index is 13.2. The van der Waals surface area contributed by atoms with Crippen molar-refractivity contribution < 1.29 is 9.72 Å². The Bertz CT molecular complexity index is 1100. The maximum Gasteiger partial charge on any atom is 0.287 e. The van der Waals surface area contributed by atoms with Gasteiger partial charge in [0, 0.05) is 38.4 Å². The van der Waals surface area contributed by atoms with Crippen LogP contribution in [0.3, 0.4) is 0 Å². The first kappa shape index (κ1) is 19.3. The third-order valence-corrected chi connectivity index (χ3v) is 5.61. The monoisotopic (exact) mass is 458 g/mol. The molecule has 4 heterocycles. The highest BCUT2D eigenvalue weighted by atomic mass is 79.9. The van der Waals surface area contributed by atoms with Gasteiger partial charge in [-0.25, -0.2) is 9.97 Å². The van der Waals surface area contributed by atoms with Crippen molar-refractivity contribution in [1.29, 1.82) is 0 Å². The molecule has 1 fully saturated rings. The van der Waals surface area contributed by atoms with Crippen molar-refractivity contribution in [3.05, 3.63) is 62.1 Å². The lowest BCUT2D eigenvalue weighted by molar-refractivity contribution is -0.385. The minimum atomic E-state index is -0.467. The SMILES string of the molecule is Cc1cc(Br)c2nc(C)c(C(=O)N3CCN(c4ccc([N+](=O)[O-])cn4)CC3)n2c1. The fourth-order valence-corrected chi connectivity index (χ4v) is 4.21. The smallest absolute Gasteiger partial charge is 0.287 e. The second-order valence-electron chi connectivity index (χ2n) is 7.02. The maximum absolute atomic E-state index is 13.2. The summed E-state index contributed by atoms with van der Waals surface area (Å²) in [7, 11) is 0. The first-order chi connectivity index (χ1) is 13.8. The van der Waals surface area contributed by atoms with E-state index in [-0.39, 0.29) is 11.6 Å². The van der Waals surface area contributed by atoms with E-state index in [1.54, 1.807) is 6.07 Å². The Morgan fingerprint density at radius 2 is 1.93 bits per heavy atom. The van der Waals surface area contributed by atoms with Gasteiger partial charge in [-0.2, -0.15) is 0 Å². The molecule has 29 heavy (non-hydrogen) atoms. The van der Waals surface area contributed by atoms with E-state index in [1.807, 2.05) is 40.3 Å². The second-order valence-corrected chi connectivity index (χ2v) is 7.87. The predicted molar refractivity (Wildman–Crippen MR) is 111 cm³/mol. The number of pyridine rings is 2. The van der Waals surface area contributed by atoms with Crippen molar-refractivity contribution >= 4 is 39.0 Å². The van der Waals surface area contributed by atoms with Crippen LogP contribution in [0.15, 0.2) is 35.1 Å². The van der Waals surface area contributed by atoms with Crippen LogP contribution in [-0.2, 0) is 0 Å². The molecule has 0 unspecified atom stereocenters. The summed E-state index contributed by atoms with van der Waals surface area (Å²) in [4.78, 5) is 36.1. The Balaban J connectivity index is 1.52. The topological polar surface area (TPSA) is 96.9 Å². The van der Waals surface area contributed by atoms with Crippen LogP contribution in [0.2, 0.25) is 0 Å². The first-order valence-corrected chi connectivity index (χ1v) is 9.94. The number of anilines is 1. The Morgan fingerprint density at radius 3 is 2.55 bits per heavy atom. The van der Waals surface area contributed by atoms with E-state index in [9.17, 15) is 14.9 Å². The number of carbonyl (C=O) groups excluding carboxylic acids is 1. The van der Waals surface area contributed by atoms with E-state index in [1.165, 1.54) is 12.3 Å². The summed E-state index contributed by atoms with van der Waals surface area (Å²) in [6.45, 7) is 6.11. The third kappa shape index (κ3) is 3.55. The first-order valence-electron chi connectivity index (χ1n) is 9.14. The number of fused-ring (bicyclic) bond motifs is 1. The highest BCUT2D eigenvalue weighted by Gasteiger charge is 2.27. The van der Waals surface area contributed by atoms with E-state index >= 15 is 0 Å². The fraction of sp³-hybridized carbons (Fsp3) is 0.316. The van der Waals surface area contributed by atoms with Gasteiger partial charge < -0.3 is 9.80 Å². The number of nitro groups is 1. The largest absolute Gasteiger partial charge is 0.353 e. The molecule has 0 aromatic carbocycles. The van der Waals surface area contributed by atoms with Crippen molar-refractivity contribution in [1.82, 2.24) is 19.3 Å². The molecule has 3 aromatic heterocycles. The van der Waals surface area contributed by atoms with Crippen molar-refractivity contribution in [2.45, 2.75) is 13.8 Å². The molecule has 150 valence electrons. The van der Waals surface area contributed by atoms with Crippen molar-refractivity contribution in [3.63, 3.8) is 0 Å². The molecule has 1 aliphatic heterocycles. The van der Waals surface area contributed by atoms with Gasteiger partial charge in [0.2, 0.25) is 0 Å². The van der Waals surface area contributed by atoms with Crippen LogP contribution in [0.4, 0.5) is 11.5 Å². The molecule has 0 saturated carbocycles. The number of hydrogen-bond donors (Lipinski definition) is 0. The predicted octanol–water partition coefficient (Wildman–Crippen LogP) is 2.98. The van der Waals surface area contributed by atoms with Gasteiger partial charge in [0.25, 0.3) is 11.6 Å². The molecule has 1 saturated heterocycles. The van der Waals surface area contributed by atoms with Crippen molar-refractivity contribution in [2.75, 3.05) is 31.1 Å². The molecule has 9 nitrogen and oxygen atoms in total. The third-order valence-electron chi connectivity index (χ3n) is 5.02. The molecule has 1 aliphatic rings. The lowest BCUT2D eigenvalue weighted by atomic mass is 10.2. The van der Waals surface area contributed by atoms with Crippen molar-refractivity contribution in [2.24, 2.45) is 0 Å². The average Bonchev–Trinajstić information content (AvgIpc) is 3.04.